The van der Waals surface area contributed by atoms with Gasteiger partial charge in [0.25, 0.3) is 6.33 Å². The first kappa shape index (κ1) is 24.5. The van der Waals surface area contributed by atoms with E-state index in [1.807, 2.05) is 53.1 Å². The van der Waals surface area contributed by atoms with Crippen LogP contribution in [-0.2, 0) is 21.1 Å². The van der Waals surface area contributed by atoms with Gasteiger partial charge in [-0.2, -0.15) is 18.2 Å². The van der Waals surface area contributed by atoms with Gasteiger partial charge >= 0.3 is 0 Å². The van der Waals surface area contributed by atoms with Gasteiger partial charge in [0.05, 0.1) is 30.4 Å². The molecule has 0 radical (unpaired) electrons. The number of nitrogens with two attached hydrogens (primary N) is 1. The first-order chi connectivity index (χ1) is 30.8. The van der Waals surface area contributed by atoms with Crippen molar-refractivity contribution in [1.29, 1.82) is 0 Å². The summed E-state index contributed by atoms with van der Waals surface area (Å²) in [7, 11) is 0. The van der Waals surface area contributed by atoms with Crippen LogP contribution in [-0.4, -0.2) is 14.1 Å². The molecule has 0 spiro atoms. The monoisotopic (exact) mass is 898 g/mol. The molecule has 0 saturated heterocycles. The summed E-state index contributed by atoms with van der Waals surface area (Å²) in [6.07, 6.45) is 5.03. The van der Waals surface area contributed by atoms with Crippen molar-refractivity contribution in [3.8, 4) is 50.9 Å². The fourth-order valence-electron chi connectivity index (χ4n) is 6.83. The molecular formula is C48H31N5OPt-2. The predicted molar refractivity (Wildman–Crippen MR) is 215 cm³/mol. The number of rotatable bonds is 7. The van der Waals surface area contributed by atoms with Crippen LogP contribution < -0.4 is 15.0 Å². The molecule has 7 heteroatoms. The number of ether oxygens (including phenoxy) is 1. The zero-order valence-electron chi connectivity index (χ0n) is 38.6. The van der Waals surface area contributed by atoms with Crippen LogP contribution in [0.4, 0.5) is 5.69 Å². The van der Waals surface area contributed by atoms with Gasteiger partial charge in [-0.3, -0.25) is 4.57 Å². The van der Waals surface area contributed by atoms with Crippen molar-refractivity contribution >= 4 is 38.5 Å². The van der Waals surface area contributed by atoms with E-state index < -0.39 is 60.4 Å². The Morgan fingerprint density at radius 1 is 0.655 bits per heavy atom. The number of anilines is 1. The van der Waals surface area contributed by atoms with E-state index in [4.69, 9.17) is 24.2 Å². The van der Waals surface area contributed by atoms with Gasteiger partial charge in [0.15, 0.2) is 0 Å². The van der Waals surface area contributed by atoms with Crippen LogP contribution in [0.5, 0.6) is 11.5 Å². The van der Waals surface area contributed by atoms with Crippen LogP contribution in [0.1, 0.15) is 13.7 Å². The molecule has 6 nitrogen and oxygen atoms in total. The van der Waals surface area contributed by atoms with E-state index in [2.05, 4.69) is 23.4 Å². The van der Waals surface area contributed by atoms with Gasteiger partial charge in [-0.1, -0.05) is 127 Å². The number of imidazole rings is 1. The largest absolute Gasteiger partial charge is 0.510 e. The average molecular weight is 899 g/mol. The van der Waals surface area contributed by atoms with Crippen LogP contribution in [0.3, 0.4) is 0 Å². The van der Waals surface area contributed by atoms with E-state index in [0.717, 1.165) is 21.8 Å². The second-order valence-corrected chi connectivity index (χ2v) is 12.3. The van der Waals surface area contributed by atoms with Crippen molar-refractivity contribution in [3.05, 3.63) is 194 Å². The average Bonchev–Trinajstić information content (AvgIpc) is 3.85. The predicted octanol–water partition coefficient (Wildman–Crippen LogP) is 10.5. The first-order valence-corrected chi connectivity index (χ1v) is 16.9. The van der Waals surface area contributed by atoms with Gasteiger partial charge in [-0.15, -0.1) is 29.7 Å². The summed E-state index contributed by atoms with van der Waals surface area (Å²) in [4.78, 5) is 4.60. The number of para-hydroxylation sites is 4. The second-order valence-electron chi connectivity index (χ2n) is 12.3. The molecule has 10 aromatic rings. The van der Waals surface area contributed by atoms with E-state index in [0.29, 0.717) is 39.7 Å². The Labute approximate surface area is 346 Å². The molecule has 0 aliphatic heterocycles. The molecule has 55 heavy (non-hydrogen) atoms. The molecule has 3 aromatic heterocycles. The molecule has 0 unspecified atom stereocenters. The molecule has 0 fully saturated rings. The molecule has 3 heterocycles. The molecule has 0 atom stereocenters. The fourth-order valence-corrected chi connectivity index (χ4v) is 6.83. The maximum absolute atomic E-state index is 8.96. The number of fused-ring (bicyclic) bond motifs is 4. The van der Waals surface area contributed by atoms with E-state index >= 15 is 0 Å². The molecular weight excluding hydrogens is 858 g/mol. The topological polar surface area (TPSA) is 61.9 Å². The van der Waals surface area contributed by atoms with Crippen LogP contribution in [0.2, 0.25) is 0 Å². The maximum Gasteiger partial charge on any atom is 0.268 e. The Morgan fingerprint density at radius 2 is 1.33 bits per heavy atom. The molecule has 0 saturated carbocycles. The number of pyridine rings is 1. The van der Waals surface area contributed by atoms with Crippen LogP contribution in [0, 0.1) is 18.5 Å². The molecule has 0 bridgehead atoms. The summed E-state index contributed by atoms with van der Waals surface area (Å²) in [6, 6.07) is 34.1. The fraction of sp³-hybridized carbons (Fsp3) is 0. The maximum atomic E-state index is 8.96. The zero-order valence-corrected chi connectivity index (χ0v) is 30.8. The van der Waals surface area contributed by atoms with Gasteiger partial charge < -0.3 is 19.6 Å². The van der Waals surface area contributed by atoms with Crippen molar-refractivity contribution in [2.24, 2.45) is 0 Å². The number of benzene rings is 7. The molecule has 0 aliphatic rings. The summed E-state index contributed by atoms with van der Waals surface area (Å²) in [5, 5.41) is 1.94. The summed E-state index contributed by atoms with van der Waals surface area (Å²) in [6.45, 7) is 0. The first-order valence-electron chi connectivity index (χ1n) is 21.9. The molecule has 266 valence electrons. The van der Waals surface area contributed by atoms with Gasteiger partial charge in [0.1, 0.15) is 5.82 Å². The Hall–Kier alpha value is -6.75. The second kappa shape index (κ2) is 14.2. The third kappa shape index (κ3) is 6.07. The van der Waals surface area contributed by atoms with Crippen molar-refractivity contribution in [3.63, 3.8) is 0 Å². The van der Waals surface area contributed by atoms with Crippen molar-refractivity contribution in [2.45, 2.75) is 0 Å². The number of nitrogens with zero attached hydrogens (tertiary/aromatic N) is 4. The summed E-state index contributed by atoms with van der Waals surface area (Å²) < 4.78 is 98.2. The Balaban J connectivity index is 0.00000533. The molecule has 0 aliphatic carbocycles. The van der Waals surface area contributed by atoms with Crippen LogP contribution >= 0.6 is 0 Å². The minimum atomic E-state index is -0.575. The van der Waals surface area contributed by atoms with Gasteiger partial charge in [0.2, 0.25) is 0 Å². The normalized spacial score (nSPS) is 13.7. The quantitative estimate of drug-likeness (QED) is 0.128. The van der Waals surface area contributed by atoms with E-state index in [1.54, 1.807) is 76.0 Å². The third-order valence-corrected chi connectivity index (χ3v) is 9.13. The van der Waals surface area contributed by atoms with E-state index in [9.17, 15) is 0 Å². The minimum Gasteiger partial charge on any atom is -0.510 e. The molecule has 7 aromatic carbocycles. The Morgan fingerprint density at radius 3 is 2.07 bits per heavy atom. The van der Waals surface area contributed by atoms with Crippen LogP contribution in [0.25, 0.3) is 72.3 Å². The summed E-state index contributed by atoms with van der Waals surface area (Å²) >= 11 is 0. The van der Waals surface area contributed by atoms with Crippen molar-refractivity contribution in [2.75, 3.05) is 5.73 Å². The van der Waals surface area contributed by atoms with Crippen molar-refractivity contribution in [1.82, 2.24) is 14.1 Å². The van der Waals surface area contributed by atoms with E-state index in [1.165, 1.54) is 0 Å². The SMILES string of the molecule is [2H]c1c([2H])c([2H])c(-c2cccc(-c3c([2H])c([2H])c([2H])c([2H])c3[2H])c2-[n+]2[c-]n(-c3[c-]c(Oc4[c-]c5c(cc4)c4ccccc4n5-c4cc(N)ccn4)ccc3)c3ccccc32)c([2H])c1[2H].[Pt]. The Kier molecular flexibility index (Phi) is 6.35. The zero-order chi connectivity index (χ0) is 44.7. The number of nitrogen functional groups attached to an aromatic ring is 1. The number of aromatic nitrogens is 4. The van der Waals surface area contributed by atoms with E-state index in [-0.39, 0.29) is 49.0 Å². The smallest absolute Gasteiger partial charge is 0.268 e. The number of hydrogen-bond acceptors (Lipinski definition) is 3. The summed E-state index contributed by atoms with van der Waals surface area (Å²) in [5.41, 5.74) is 10.1. The van der Waals surface area contributed by atoms with Gasteiger partial charge in [0, 0.05) is 56.0 Å². The molecule has 2 N–H and O–H groups in total. The van der Waals surface area contributed by atoms with Crippen molar-refractivity contribution < 1.29 is 44.1 Å². The summed E-state index contributed by atoms with van der Waals surface area (Å²) in [5.74, 6) is 1.37. The Bertz CT molecular complexity index is 3450. The molecule has 0 amide bonds. The third-order valence-electron chi connectivity index (χ3n) is 9.13. The standard InChI is InChI=1S/C48H31N5O.Pt/c49-35-27-28-50-47(29-35)53-43-22-8-7-19-41(43)42-26-25-38(31-46(42)53)54-37-18-11-17-36(30-37)51-32-52(45-24-10-9-23-44(45)51)48-39(33-13-3-1-4-14-33)20-12-21-40(48)34-15-5-2-6-16-34;/h1-29H,(H2,49,50);/q-2;/i1D,2D,3D,4D,5D,6D,13D,14D,15D,16D;. The number of hydrogen-bond donors (Lipinski definition) is 1. The minimum absolute atomic E-state index is 0. The van der Waals surface area contributed by atoms with Gasteiger partial charge in [-0.05, 0) is 45.5 Å². The van der Waals surface area contributed by atoms with Crippen LogP contribution in [0.15, 0.2) is 176 Å². The molecule has 10 rings (SSSR count). The van der Waals surface area contributed by atoms with Gasteiger partial charge in [-0.25, -0.2) is 4.98 Å².